The normalized spacial score (nSPS) is 8.14. The molecule has 0 saturated heterocycles. The Morgan fingerprint density at radius 2 is 1.21 bits per heavy atom. The molecule has 0 aromatic heterocycles. The second kappa shape index (κ2) is 4.25. The maximum atomic E-state index is 9.52. The van der Waals surface area contributed by atoms with Gasteiger partial charge >= 0.3 is 0 Å². The molecule has 0 atom stereocenters. The molecule has 2 heteroatoms. The van der Waals surface area contributed by atoms with E-state index in [1.54, 1.807) is 26.0 Å². The Kier molecular flexibility index (Phi) is 3.05. The van der Waals surface area contributed by atoms with Crippen molar-refractivity contribution in [3.63, 3.8) is 0 Å². The highest BCUT2D eigenvalue weighted by molar-refractivity contribution is 5.60. The van der Waals surface area contributed by atoms with E-state index in [1.165, 1.54) is 0 Å². The minimum absolute atomic E-state index is 0.209. The molecule has 0 radical (unpaired) electrons. The van der Waals surface area contributed by atoms with Gasteiger partial charge in [0.25, 0.3) is 0 Å². The Hall–Kier alpha value is -2.06. The van der Waals surface area contributed by atoms with Crippen molar-refractivity contribution in [3.05, 3.63) is 23.3 Å². The number of benzene rings is 1. The fourth-order valence-corrected chi connectivity index (χ4v) is 1.05. The lowest BCUT2D eigenvalue weighted by molar-refractivity contribution is 0.402. The summed E-state index contributed by atoms with van der Waals surface area (Å²) in [7, 11) is 0. The molecule has 70 valence electrons. The van der Waals surface area contributed by atoms with Crippen molar-refractivity contribution < 1.29 is 10.2 Å². The molecule has 1 rings (SSSR count). The van der Waals surface area contributed by atoms with E-state index in [4.69, 9.17) is 0 Å². The van der Waals surface area contributed by atoms with Crippen LogP contribution >= 0.6 is 0 Å². The largest absolute Gasteiger partial charge is 0.503 e. The molecule has 2 nitrogen and oxygen atoms in total. The Morgan fingerprint density at radius 3 is 1.50 bits per heavy atom. The van der Waals surface area contributed by atoms with E-state index in [1.807, 2.05) is 0 Å². The third-order valence-electron chi connectivity index (χ3n) is 1.67. The fraction of sp³-hybridized carbons (Fsp3) is 0.167. The van der Waals surface area contributed by atoms with E-state index in [-0.39, 0.29) is 11.5 Å². The number of hydrogen-bond acceptors (Lipinski definition) is 2. The summed E-state index contributed by atoms with van der Waals surface area (Å²) in [6.07, 6.45) is 0. The standard InChI is InChI=1S/C12H10O2/c1-3-5-9-7-8-10(6-4-2)12(14)11(9)13/h7-8,13-14H,1-2H3. The van der Waals surface area contributed by atoms with Crippen molar-refractivity contribution in [1.29, 1.82) is 0 Å². The van der Waals surface area contributed by atoms with Gasteiger partial charge in [-0.2, -0.15) is 0 Å². The van der Waals surface area contributed by atoms with Gasteiger partial charge in [0.05, 0.1) is 11.1 Å². The van der Waals surface area contributed by atoms with Gasteiger partial charge in [-0.25, -0.2) is 0 Å². The lowest BCUT2D eigenvalue weighted by Gasteiger charge is -2.02. The van der Waals surface area contributed by atoms with E-state index in [0.29, 0.717) is 11.1 Å². The smallest absolute Gasteiger partial charge is 0.174 e. The van der Waals surface area contributed by atoms with Crippen LogP contribution in [0.5, 0.6) is 11.5 Å². The van der Waals surface area contributed by atoms with Gasteiger partial charge < -0.3 is 10.2 Å². The van der Waals surface area contributed by atoms with Gasteiger partial charge in [-0.3, -0.25) is 0 Å². The molecule has 0 fully saturated rings. The third-order valence-corrected chi connectivity index (χ3v) is 1.67. The van der Waals surface area contributed by atoms with E-state index in [9.17, 15) is 10.2 Å². The Bertz CT molecular complexity index is 420. The van der Waals surface area contributed by atoms with Gasteiger partial charge in [-0.05, 0) is 26.0 Å². The van der Waals surface area contributed by atoms with Crippen molar-refractivity contribution >= 4 is 0 Å². The third kappa shape index (κ3) is 1.81. The van der Waals surface area contributed by atoms with E-state index >= 15 is 0 Å². The van der Waals surface area contributed by atoms with Crippen molar-refractivity contribution in [2.75, 3.05) is 0 Å². The highest BCUT2D eigenvalue weighted by atomic mass is 16.3. The summed E-state index contributed by atoms with van der Waals surface area (Å²) in [4.78, 5) is 0. The minimum atomic E-state index is -0.209. The fourth-order valence-electron chi connectivity index (χ4n) is 1.05. The van der Waals surface area contributed by atoms with E-state index < -0.39 is 0 Å². The van der Waals surface area contributed by atoms with Crippen LogP contribution in [0.15, 0.2) is 12.1 Å². The van der Waals surface area contributed by atoms with Crippen LogP contribution in [-0.2, 0) is 0 Å². The first-order valence-corrected chi connectivity index (χ1v) is 4.11. The van der Waals surface area contributed by atoms with E-state index in [0.717, 1.165) is 0 Å². The lowest BCUT2D eigenvalue weighted by Crippen LogP contribution is -1.82. The predicted molar refractivity (Wildman–Crippen MR) is 54.9 cm³/mol. The molecule has 0 aliphatic rings. The molecule has 2 N–H and O–H groups in total. The Labute approximate surface area is 83.2 Å². The van der Waals surface area contributed by atoms with Gasteiger partial charge in [0, 0.05) is 0 Å². The Balaban J connectivity index is 3.35. The second-order valence-corrected chi connectivity index (χ2v) is 2.61. The molecule has 1 aromatic rings. The van der Waals surface area contributed by atoms with Gasteiger partial charge in [0.1, 0.15) is 0 Å². The number of phenols is 2. The summed E-state index contributed by atoms with van der Waals surface area (Å²) in [6, 6.07) is 3.26. The number of rotatable bonds is 0. The lowest BCUT2D eigenvalue weighted by atomic mass is 10.1. The molecule has 0 bridgehead atoms. The molecule has 0 saturated carbocycles. The summed E-state index contributed by atoms with van der Waals surface area (Å²) in [5.41, 5.74) is 0.818. The minimum Gasteiger partial charge on any atom is -0.503 e. The van der Waals surface area contributed by atoms with Crippen LogP contribution in [0.3, 0.4) is 0 Å². The highest BCUT2D eigenvalue weighted by Gasteiger charge is 2.08. The van der Waals surface area contributed by atoms with Crippen LogP contribution in [0.1, 0.15) is 25.0 Å². The summed E-state index contributed by atoms with van der Waals surface area (Å²) >= 11 is 0. The average Bonchev–Trinajstić information content (AvgIpc) is 2.18. The van der Waals surface area contributed by atoms with Gasteiger partial charge in [-0.1, -0.05) is 11.8 Å². The Morgan fingerprint density at radius 1 is 0.857 bits per heavy atom. The van der Waals surface area contributed by atoms with Crippen LogP contribution in [0, 0.1) is 23.7 Å². The van der Waals surface area contributed by atoms with Crippen LogP contribution < -0.4 is 0 Å². The van der Waals surface area contributed by atoms with Gasteiger partial charge in [0.15, 0.2) is 11.5 Å². The molecule has 1 aromatic carbocycles. The SMILES string of the molecule is CC#Cc1ccc(C#CC)c(O)c1O. The van der Waals surface area contributed by atoms with Crippen molar-refractivity contribution in [1.82, 2.24) is 0 Å². The predicted octanol–water partition coefficient (Wildman–Crippen LogP) is 1.84. The zero-order valence-electron chi connectivity index (χ0n) is 8.05. The number of hydrogen-bond donors (Lipinski definition) is 2. The summed E-state index contributed by atoms with van der Waals surface area (Å²) in [5, 5.41) is 19.0. The van der Waals surface area contributed by atoms with E-state index in [2.05, 4.69) is 23.7 Å². The molecular formula is C12H10O2. The summed E-state index contributed by atoms with van der Waals surface area (Å²) in [5.74, 6) is 10.2. The highest BCUT2D eigenvalue weighted by Crippen LogP contribution is 2.31. The molecule has 0 aliphatic heterocycles. The molecule has 0 unspecified atom stereocenters. The van der Waals surface area contributed by atoms with Gasteiger partial charge in [-0.15, -0.1) is 11.8 Å². The molecule has 0 spiro atoms. The number of phenolic OH excluding ortho intramolecular Hbond substituents is 2. The maximum Gasteiger partial charge on any atom is 0.174 e. The second-order valence-electron chi connectivity index (χ2n) is 2.61. The first-order valence-electron chi connectivity index (χ1n) is 4.11. The zero-order valence-corrected chi connectivity index (χ0v) is 8.05. The van der Waals surface area contributed by atoms with Crippen LogP contribution in [0.4, 0.5) is 0 Å². The summed E-state index contributed by atoms with van der Waals surface area (Å²) < 4.78 is 0. The molecular weight excluding hydrogens is 176 g/mol. The molecule has 0 heterocycles. The quantitative estimate of drug-likeness (QED) is 0.479. The van der Waals surface area contributed by atoms with Crippen LogP contribution in [0.2, 0.25) is 0 Å². The summed E-state index contributed by atoms with van der Waals surface area (Å²) in [6.45, 7) is 3.33. The van der Waals surface area contributed by atoms with Gasteiger partial charge in [0.2, 0.25) is 0 Å². The van der Waals surface area contributed by atoms with Crippen LogP contribution in [0.25, 0.3) is 0 Å². The molecule has 0 aliphatic carbocycles. The van der Waals surface area contributed by atoms with Crippen LogP contribution in [-0.4, -0.2) is 10.2 Å². The maximum absolute atomic E-state index is 9.52. The first-order chi connectivity index (χ1) is 6.70. The van der Waals surface area contributed by atoms with Crippen molar-refractivity contribution in [2.45, 2.75) is 13.8 Å². The first kappa shape index (κ1) is 10.0. The van der Waals surface area contributed by atoms with Crippen molar-refractivity contribution in [2.24, 2.45) is 0 Å². The average molecular weight is 186 g/mol. The zero-order chi connectivity index (χ0) is 10.6. The molecule has 14 heavy (non-hydrogen) atoms. The van der Waals surface area contributed by atoms with Crippen molar-refractivity contribution in [3.8, 4) is 35.2 Å². The topological polar surface area (TPSA) is 40.5 Å². The molecule has 0 amide bonds. The monoisotopic (exact) mass is 186 g/mol. The number of aromatic hydroxyl groups is 2.